The number of nitrogens with one attached hydrogen (secondary N) is 2. The van der Waals surface area contributed by atoms with Gasteiger partial charge >= 0.3 is 0 Å². The number of fused-ring (bicyclic) bond motifs is 1. The first-order valence-electron chi connectivity index (χ1n) is 6.11. The van der Waals surface area contributed by atoms with Crippen molar-refractivity contribution in [2.75, 3.05) is 5.32 Å². The molecule has 0 unspecified atom stereocenters. The molecule has 5 nitrogen and oxygen atoms in total. The van der Waals surface area contributed by atoms with Gasteiger partial charge in [0.25, 0.3) is 17.7 Å². The highest BCUT2D eigenvalue weighted by Crippen LogP contribution is 2.21. The van der Waals surface area contributed by atoms with Gasteiger partial charge in [-0.3, -0.25) is 19.7 Å². The van der Waals surface area contributed by atoms with E-state index in [0.29, 0.717) is 16.8 Å². The third-order valence-corrected chi connectivity index (χ3v) is 3.63. The Labute approximate surface area is 128 Å². The molecule has 21 heavy (non-hydrogen) atoms. The lowest BCUT2D eigenvalue weighted by Gasteiger charge is -2.06. The molecule has 3 amide bonds. The summed E-state index contributed by atoms with van der Waals surface area (Å²) in [6, 6.07) is 11.5. The number of carbonyl (C=O) groups excluding carboxylic acids is 3. The molecule has 0 fully saturated rings. The van der Waals surface area contributed by atoms with Crippen molar-refractivity contribution in [2.45, 2.75) is 0 Å². The maximum Gasteiger partial charge on any atom is 0.259 e. The molecular formula is C15H9BrN2O3. The molecule has 1 heterocycles. The van der Waals surface area contributed by atoms with Crippen molar-refractivity contribution >= 4 is 39.3 Å². The number of benzene rings is 2. The molecule has 0 saturated heterocycles. The average molecular weight is 345 g/mol. The maximum atomic E-state index is 12.1. The first-order valence-corrected chi connectivity index (χ1v) is 6.90. The summed E-state index contributed by atoms with van der Waals surface area (Å²) in [4.78, 5) is 35.1. The Balaban J connectivity index is 1.84. The van der Waals surface area contributed by atoms with Gasteiger partial charge < -0.3 is 5.32 Å². The molecule has 0 bridgehead atoms. The van der Waals surface area contributed by atoms with Crippen LogP contribution in [0.5, 0.6) is 0 Å². The molecule has 0 saturated carbocycles. The molecule has 3 rings (SSSR count). The minimum Gasteiger partial charge on any atom is -0.322 e. The van der Waals surface area contributed by atoms with E-state index in [9.17, 15) is 14.4 Å². The van der Waals surface area contributed by atoms with Gasteiger partial charge in [-0.2, -0.15) is 0 Å². The van der Waals surface area contributed by atoms with Crippen molar-refractivity contribution in [1.82, 2.24) is 5.32 Å². The van der Waals surface area contributed by atoms with Gasteiger partial charge in [-0.05, 0) is 42.5 Å². The summed E-state index contributed by atoms with van der Waals surface area (Å²) >= 11 is 3.30. The van der Waals surface area contributed by atoms with E-state index in [1.54, 1.807) is 30.3 Å². The molecule has 2 aromatic rings. The Kier molecular flexibility index (Phi) is 3.31. The minimum atomic E-state index is -0.449. The quantitative estimate of drug-likeness (QED) is 0.822. The molecule has 2 N–H and O–H groups in total. The van der Waals surface area contributed by atoms with Crippen molar-refractivity contribution in [2.24, 2.45) is 0 Å². The highest BCUT2D eigenvalue weighted by atomic mass is 79.9. The third-order valence-electron chi connectivity index (χ3n) is 3.10. The normalized spacial score (nSPS) is 12.8. The fourth-order valence-corrected chi connectivity index (χ4v) is 2.31. The molecule has 1 aliphatic rings. The number of carbonyl (C=O) groups is 3. The van der Waals surface area contributed by atoms with Gasteiger partial charge in [0.05, 0.1) is 11.1 Å². The number of hydrogen-bond donors (Lipinski definition) is 2. The zero-order valence-corrected chi connectivity index (χ0v) is 12.2. The lowest BCUT2D eigenvalue weighted by molar-refractivity contribution is 0.0878. The zero-order chi connectivity index (χ0) is 15.0. The Hall–Kier alpha value is -2.47. The molecule has 0 radical (unpaired) electrons. The van der Waals surface area contributed by atoms with E-state index >= 15 is 0 Å². The number of imide groups is 1. The summed E-state index contributed by atoms with van der Waals surface area (Å²) in [6.45, 7) is 0. The first kappa shape index (κ1) is 13.5. The van der Waals surface area contributed by atoms with Crippen LogP contribution in [0, 0.1) is 0 Å². The topological polar surface area (TPSA) is 75.3 Å². The van der Waals surface area contributed by atoms with Gasteiger partial charge in [-0.25, -0.2) is 0 Å². The van der Waals surface area contributed by atoms with Crippen molar-refractivity contribution in [3.05, 3.63) is 63.6 Å². The standard InChI is InChI=1S/C15H9BrN2O3/c16-9-3-1-8(2-4-9)13(19)17-10-5-6-11-12(7-10)15(21)18-14(11)20/h1-7H,(H,17,19)(H,18,20,21). The van der Waals surface area contributed by atoms with Crippen LogP contribution in [0.3, 0.4) is 0 Å². The molecule has 0 spiro atoms. The number of anilines is 1. The SMILES string of the molecule is O=C(Nc1ccc2c(c1)C(=O)NC2=O)c1ccc(Br)cc1. The number of amides is 3. The minimum absolute atomic E-state index is 0.272. The molecule has 104 valence electrons. The molecule has 2 aromatic carbocycles. The molecular weight excluding hydrogens is 336 g/mol. The van der Waals surface area contributed by atoms with E-state index in [1.165, 1.54) is 12.1 Å². The first-order chi connectivity index (χ1) is 10.0. The Morgan fingerprint density at radius 1 is 0.952 bits per heavy atom. The number of rotatable bonds is 2. The van der Waals surface area contributed by atoms with Crippen LogP contribution in [0.1, 0.15) is 31.1 Å². The second-order valence-electron chi connectivity index (χ2n) is 4.50. The van der Waals surface area contributed by atoms with Gasteiger partial charge in [-0.15, -0.1) is 0 Å². The Morgan fingerprint density at radius 2 is 1.62 bits per heavy atom. The van der Waals surface area contributed by atoms with E-state index < -0.39 is 11.8 Å². The van der Waals surface area contributed by atoms with Gasteiger partial charge in [0.1, 0.15) is 0 Å². The fraction of sp³-hybridized carbons (Fsp3) is 0. The smallest absolute Gasteiger partial charge is 0.259 e. The van der Waals surface area contributed by atoms with E-state index in [4.69, 9.17) is 0 Å². The zero-order valence-electron chi connectivity index (χ0n) is 10.6. The van der Waals surface area contributed by atoms with Crippen LogP contribution >= 0.6 is 15.9 Å². The van der Waals surface area contributed by atoms with E-state index in [0.717, 1.165) is 4.47 Å². The van der Waals surface area contributed by atoms with E-state index in [-0.39, 0.29) is 11.5 Å². The van der Waals surface area contributed by atoms with Gasteiger partial charge in [0, 0.05) is 15.7 Å². The third kappa shape index (κ3) is 2.57. The van der Waals surface area contributed by atoms with Gasteiger partial charge in [0.15, 0.2) is 0 Å². The van der Waals surface area contributed by atoms with Crippen LogP contribution in [-0.4, -0.2) is 17.7 Å². The predicted molar refractivity (Wildman–Crippen MR) is 80.3 cm³/mol. The van der Waals surface area contributed by atoms with Crippen molar-refractivity contribution in [1.29, 1.82) is 0 Å². The highest BCUT2D eigenvalue weighted by Gasteiger charge is 2.26. The number of hydrogen-bond acceptors (Lipinski definition) is 3. The van der Waals surface area contributed by atoms with Crippen LogP contribution < -0.4 is 10.6 Å². The Morgan fingerprint density at radius 3 is 2.33 bits per heavy atom. The van der Waals surface area contributed by atoms with Crippen LogP contribution in [0.15, 0.2) is 46.9 Å². The van der Waals surface area contributed by atoms with Gasteiger partial charge in [-0.1, -0.05) is 15.9 Å². The lowest BCUT2D eigenvalue weighted by atomic mass is 10.1. The van der Waals surface area contributed by atoms with Gasteiger partial charge in [0.2, 0.25) is 0 Å². The summed E-state index contributed by atoms with van der Waals surface area (Å²) in [5.41, 5.74) is 1.56. The van der Waals surface area contributed by atoms with Crippen molar-refractivity contribution in [3.8, 4) is 0 Å². The fourth-order valence-electron chi connectivity index (χ4n) is 2.05. The van der Waals surface area contributed by atoms with E-state index in [1.807, 2.05) is 0 Å². The molecule has 0 aromatic heterocycles. The van der Waals surface area contributed by atoms with Crippen LogP contribution in [0.25, 0.3) is 0 Å². The van der Waals surface area contributed by atoms with E-state index in [2.05, 4.69) is 26.6 Å². The molecule has 1 aliphatic heterocycles. The average Bonchev–Trinajstić information content (AvgIpc) is 2.74. The highest BCUT2D eigenvalue weighted by molar-refractivity contribution is 9.10. The van der Waals surface area contributed by atoms with Crippen LogP contribution in [0.2, 0.25) is 0 Å². The molecule has 0 atom stereocenters. The summed E-state index contributed by atoms with van der Waals surface area (Å²) in [5, 5.41) is 4.90. The molecule has 6 heteroatoms. The maximum absolute atomic E-state index is 12.1. The van der Waals surface area contributed by atoms with Crippen LogP contribution in [-0.2, 0) is 0 Å². The summed E-state index contributed by atoms with van der Waals surface area (Å²) in [6.07, 6.45) is 0. The summed E-state index contributed by atoms with van der Waals surface area (Å²) in [7, 11) is 0. The second-order valence-corrected chi connectivity index (χ2v) is 5.42. The monoisotopic (exact) mass is 344 g/mol. The predicted octanol–water partition coefficient (Wildman–Crippen LogP) is 2.59. The summed E-state index contributed by atoms with van der Waals surface area (Å²) < 4.78 is 0.881. The second kappa shape index (κ2) is 5.14. The Bertz CT molecular complexity index is 769. The lowest BCUT2D eigenvalue weighted by Crippen LogP contribution is -2.19. The largest absolute Gasteiger partial charge is 0.322 e. The molecule has 0 aliphatic carbocycles. The van der Waals surface area contributed by atoms with Crippen LogP contribution in [0.4, 0.5) is 5.69 Å². The number of halogens is 1. The van der Waals surface area contributed by atoms with Crippen molar-refractivity contribution < 1.29 is 14.4 Å². The summed E-state index contributed by atoms with van der Waals surface area (Å²) in [5.74, 6) is -1.15. The van der Waals surface area contributed by atoms with Crippen molar-refractivity contribution in [3.63, 3.8) is 0 Å².